The monoisotopic (exact) mass is 337 g/mol. The van der Waals surface area contributed by atoms with Crippen molar-refractivity contribution >= 4 is 33.0 Å². The number of rotatable bonds is 5. The fraction of sp³-hybridized carbons (Fsp3) is 0.667. The smallest absolute Gasteiger partial charge is 0.211 e. The lowest BCUT2D eigenvalue weighted by atomic mass is 9.92. The summed E-state index contributed by atoms with van der Waals surface area (Å²) in [7, 11) is -3.11. The normalized spacial score (nSPS) is 22.9. The zero-order valence-electron chi connectivity index (χ0n) is 11.4. The Morgan fingerprint density at radius 1 is 1.65 bits per heavy atom. The Kier molecular flexibility index (Phi) is 5.44. The predicted molar refractivity (Wildman–Crippen MR) is 83.2 cm³/mol. The topological polar surface area (TPSA) is 75.4 Å². The zero-order chi connectivity index (χ0) is 14.8. The fourth-order valence-electron chi connectivity index (χ4n) is 2.66. The van der Waals surface area contributed by atoms with Crippen LogP contribution in [-0.2, 0) is 10.0 Å². The summed E-state index contributed by atoms with van der Waals surface area (Å²) in [5.74, 6) is 5.94. The number of hydrogen-bond acceptors (Lipinski definition) is 5. The first-order valence-corrected chi connectivity index (χ1v) is 9.66. The molecule has 0 aliphatic carbocycles. The second-order valence-corrected chi connectivity index (χ2v) is 8.55. The number of nitrogens with zero attached hydrogens (tertiary/aromatic N) is 1. The van der Waals surface area contributed by atoms with Crippen molar-refractivity contribution in [1.29, 1.82) is 0 Å². The second kappa shape index (κ2) is 6.72. The quantitative estimate of drug-likeness (QED) is 0.636. The van der Waals surface area contributed by atoms with Crippen LogP contribution in [-0.4, -0.2) is 32.1 Å². The first kappa shape index (κ1) is 16.2. The van der Waals surface area contributed by atoms with E-state index in [9.17, 15) is 8.42 Å². The lowest BCUT2D eigenvalue weighted by molar-refractivity contribution is 0.239. The molecule has 0 radical (unpaired) electrons. The van der Waals surface area contributed by atoms with Gasteiger partial charge in [0.1, 0.15) is 0 Å². The molecule has 2 rings (SSSR count). The van der Waals surface area contributed by atoms with Gasteiger partial charge in [-0.2, -0.15) is 0 Å². The minimum Gasteiger partial charge on any atom is -0.271 e. The van der Waals surface area contributed by atoms with E-state index >= 15 is 0 Å². The maximum atomic E-state index is 11.6. The number of piperidine rings is 1. The molecule has 0 aromatic carbocycles. The largest absolute Gasteiger partial charge is 0.271 e. The van der Waals surface area contributed by atoms with Gasteiger partial charge in [-0.15, -0.1) is 11.3 Å². The minimum absolute atomic E-state index is 0.0213. The Labute approximate surface area is 129 Å². The Morgan fingerprint density at radius 2 is 2.40 bits per heavy atom. The summed E-state index contributed by atoms with van der Waals surface area (Å²) in [4.78, 5) is 1.02. The van der Waals surface area contributed by atoms with Crippen molar-refractivity contribution < 1.29 is 8.42 Å². The molecule has 1 aromatic heterocycles. The molecular weight excluding hydrogens is 318 g/mol. The number of hydrazine groups is 1. The Bertz CT molecular complexity index is 547. The van der Waals surface area contributed by atoms with E-state index in [0.717, 1.165) is 24.1 Å². The van der Waals surface area contributed by atoms with E-state index in [-0.39, 0.29) is 6.04 Å². The molecule has 114 valence electrons. The van der Waals surface area contributed by atoms with E-state index < -0.39 is 10.0 Å². The molecule has 1 aliphatic heterocycles. The highest BCUT2D eigenvalue weighted by molar-refractivity contribution is 7.88. The van der Waals surface area contributed by atoms with Gasteiger partial charge >= 0.3 is 0 Å². The maximum absolute atomic E-state index is 11.6. The van der Waals surface area contributed by atoms with E-state index in [2.05, 4.69) is 5.43 Å². The average molecular weight is 338 g/mol. The van der Waals surface area contributed by atoms with Gasteiger partial charge in [-0.1, -0.05) is 11.6 Å². The summed E-state index contributed by atoms with van der Waals surface area (Å²) in [6, 6.07) is 1.84. The van der Waals surface area contributed by atoms with Gasteiger partial charge in [0.05, 0.1) is 17.3 Å². The van der Waals surface area contributed by atoms with Crippen molar-refractivity contribution in [3.63, 3.8) is 0 Å². The highest BCUT2D eigenvalue weighted by atomic mass is 35.5. The number of nitrogens with one attached hydrogen (secondary N) is 1. The molecule has 8 heteroatoms. The predicted octanol–water partition coefficient (Wildman–Crippen LogP) is 1.97. The molecular formula is C12H20ClN3O2S2. The molecule has 1 aliphatic rings. The van der Waals surface area contributed by atoms with E-state index in [1.54, 1.807) is 15.6 Å². The number of thiophene rings is 1. The van der Waals surface area contributed by atoms with Crippen LogP contribution >= 0.6 is 22.9 Å². The number of nitrogens with two attached hydrogens (primary N) is 1. The lowest BCUT2D eigenvalue weighted by Crippen LogP contribution is -2.41. The van der Waals surface area contributed by atoms with Gasteiger partial charge in [0.15, 0.2) is 0 Å². The van der Waals surface area contributed by atoms with Crippen LogP contribution in [0.2, 0.25) is 5.02 Å². The molecule has 0 amide bonds. The van der Waals surface area contributed by atoms with Crippen molar-refractivity contribution in [1.82, 2.24) is 9.73 Å². The molecule has 1 aromatic rings. The van der Waals surface area contributed by atoms with Crippen molar-refractivity contribution in [2.24, 2.45) is 11.8 Å². The molecule has 2 atom stereocenters. The first-order chi connectivity index (χ1) is 9.41. The van der Waals surface area contributed by atoms with Gasteiger partial charge in [0.2, 0.25) is 10.0 Å². The van der Waals surface area contributed by atoms with Gasteiger partial charge in [-0.3, -0.25) is 11.3 Å². The second-order valence-electron chi connectivity index (χ2n) is 5.22. The van der Waals surface area contributed by atoms with Crippen molar-refractivity contribution in [3.05, 3.63) is 21.3 Å². The summed E-state index contributed by atoms with van der Waals surface area (Å²) in [5, 5.41) is 2.65. The maximum Gasteiger partial charge on any atom is 0.211 e. The van der Waals surface area contributed by atoms with E-state index in [1.165, 1.54) is 6.26 Å². The number of hydrogen-bond donors (Lipinski definition) is 2. The van der Waals surface area contributed by atoms with Crippen LogP contribution in [0.3, 0.4) is 0 Å². The van der Waals surface area contributed by atoms with Crippen LogP contribution in [0.5, 0.6) is 0 Å². The molecule has 1 fully saturated rings. The molecule has 20 heavy (non-hydrogen) atoms. The van der Waals surface area contributed by atoms with E-state index in [0.29, 0.717) is 24.0 Å². The number of halogens is 1. The summed E-state index contributed by atoms with van der Waals surface area (Å²) in [6.45, 7) is 1.19. The summed E-state index contributed by atoms with van der Waals surface area (Å²) >= 11 is 7.71. The molecule has 0 bridgehead atoms. The van der Waals surface area contributed by atoms with E-state index in [1.807, 2.05) is 11.4 Å². The van der Waals surface area contributed by atoms with Crippen LogP contribution in [0.15, 0.2) is 11.4 Å². The first-order valence-electron chi connectivity index (χ1n) is 6.56. The molecule has 3 N–H and O–H groups in total. The number of sulfonamides is 1. The minimum atomic E-state index is -3.11. The Balaban J connectivity index is 2.03. The third-order valence-corrected chi connectivity index (χ3v) is 6.42. The molecule has 5 nitrogen and oxygen atoms in total. The van der Waals surface area contributed by atoms with Crippen LogP contribution in [0.25, 0.3) is 0 Å². The summed E-state index contributed by atoms with van der Waals surface area (Å²) in [5.41, 5.74) is 2.80. The Hall–Kier alpha value is -0.180. The fourth-order valence-corrected chi connectivity index (χ4v) is 4.86. The molecule has 2 unspecified atom stereocenters. The van der Waals surface area contributed by atoms with Crippen molar-refractivity contribution in [3.8, 4) is 0 Å². The SMILES string of the molecule is CS(=O)(=O)N1CCCC(CC(NN)c2sccc2Cl)C1. The van der Waals surface area contributed by atoms with Gasteiger partial charge in [-0.25, -0.2) is 12.7 Å². The molecule has 0 spiro atoms. The summed E-state index contributed by atoms with van der Waals surface area (Å²) in [6.07, 6.45) is 3.98. The zero-order valence-corrected chi connectivity index (χ0v) is 13.8. The van der Waals surface area contributed by atoms with Gasteiger partial charge in [0.25, 0.3) is 0 Å². The Morgan fingerprint density at radius 3 is 2.95 bits per heavy atom. The molecule has 1 saturated heterocycles. The van der Waals surface area contributed by atoms with Gasteiger partial charge in [-0.05, 0) is 36.6 Å². The van der Waals surface area contributed by atoms with Crippen LogP contribution in [0.4, 0.5) is 0 Å². The third kappa shape index (κ3) is 3.93. The van der Waals surface area contributed by atoms with Crippen LogP contribution in [0, 0.1) is 5.92 Å². The molecule has 0 saturated carbocycles. The van der Waals surface area contributed by atoms with Crippen molar-refractivity contribution in [2.75, 3.05) is 19.3 Å². The highest BCUT2D eigenvalue weighted by Crippen LogP contribution is 2.34. The van der Waals surface area contributed by atoms with E-state index in [4.69, 9.17) is 17.4 Å². The molecule has 2 heterocycles. The van der Waals surface area contributed by atoms with Crippen LogP contribution in [0.1, 0.15) is 30.2 Å². The average Bonchev–Trinajstić information content (AvgIpc) is 2.81. The standard InChI is InChI=1S/C12H20ClN3O2S2/c1-20(17,18)16-5-2-3-9(8-16)7-11(15-14)12-10(13)4-6-19-12/h4,6,9,11,15H,2-3,5,7-8,14H2,1H3. The third-order valence-electron chi connectivity index (χ3n) is 3.68. The lowest BCUT2D eigenvalue weighted by Gasteiger charge is -2.32. The van der Waals surface area contributed by atoms with Gasteiger partial charge < -0.3 is 0 Å². The van der Waals surface area contributed by atoms with Gasteiger partial charge in [0, 0.05) is 18.0 Å². The summed E-state index contributed by atoms with van der Waals surface area (Å²) < 4.78 is 24.8. The van der Waals surface area contributed by atoms with Crippen LogP contribution < -0.4 is 11.3 Å². The highest BCUT2D eigenvalue weighted by Gasteiger charge is 2.28. The van der Waals surface area contributed by atoms with Crippen molar-refractivity contribution in [2.45, 2.75) is 25.3 Å².